The second-order valence-corrected chi connectivity index (χ2v) is 8.52. The van der Waals surface area contributed by atoms with E-state index >= 15 is 0 Å². The predicted molar refractivity (Wildman–Crippen MR) is 116 cm³/mol. The summed E-state index contributed by atoms with van der Waals surface area (Å²) in [6, 6.07) is 5.60. The van der Waals surface area contributed by atoms with Gasteiger partial charge in [-0.2, -0.15) is 0 Å². The van der Waals surface area contributed by atoms with Gasteiger partial charge in [-0.15, -0.1) is 0 Å². The van der Waals surface area contributed by atoms with Crippen LogP contribution in [0.3, 0.4) is 0 Å². The van der Waals surface area contributed by atoms with Gasteiger partial charge >= 0.3 is 179 Å². The fraction of sp³-hybridized carbons (Fsp3) is 0.429. The number of halogens is 2. The monoisotopic (exact) mass is 465 g/mol. The average Bonchev–Trinajstić information content (AvgIpc) is 3.00. The number of hydrogen-bond acceptors (Lipinski definition) is 3. The van der Waals surface area contributed by atoms with E-state index in [4.69, 9.17) is 26.3 Å². The number of aromatic nitrogens is 3. The van der Waals surface area contributed by atoms with Gasteiger partial charge in [0.25, 0.3) is 0 Å². The van der Waals surface area contributed by atoms with Crippen molar-refractivity contribution in [2.75, 3.05) is 20.4 Å². The fourth-order valence-corrected chi connectivity index (χ4v) is 4.30. The van der Waals surface area contributed by atoms with Crippen LogP contribution in [-0.4, -0.2) is 51.8 Å². The molecule has 1 unspecified atom stereocenters. The zero-order valence-corrected chi connectivity index (χ0v) is 19.8. The third kappa shape index (κ3) is 3.98. The second kappa shape index (κ2) is 8.94. The van der Waals surface area contributed by atoms with E-state index in [0.717, 1.165) is 44.5 Å². The first-order valence-electron chi connectivity index (χ1n) is 9.34. The SMILES string of the molecule is COC[C@H](CF)n1cc(C)c2nc(-c3ccc(C(C)C)nc3C[AsH2])c(Cl)cc21. The molecule has 3 aromatic rings. The zero-order chi connectivity index (χ0) is 20.4. The Balaban J connectivity index is 2.17. The molecule has 0 radical (unpaired) electrons. The average molecular weight is 466 g/mol. The molecule has 0 aromatic carbocycles. The quantitative estimate of drug-likeness (QED) is 0.483. The zero-order valence-electron chi connectivity index (χ0n) is 16.7. The molecule has 4 nitrogen and oxygen atoms in total. The summed E-state index contributed by atoms with van der Waals surface area (Å²) in [4.78, 5) is 9.70. The standard InChI is InChI=1S/C21H26AsClFN3O/c1-12(2)17-6-5-15(18(8-22)25-17)21-16(23)7-19-20(26-21)13(3)10-27(19)14(9-24)11-28-4/h5-7,10,12,14H,8-9,11,22H2,1-4H3/t14-/m0/s1. The Labute approximate surface area is 179 Å². The molecule has 0 amide bonds. The van der Waals surface area contributed by atoms with E-state index in [1.807, 2.05) is 29.8 Å². The normalized spacial score (nSPS) is 12.9. The van der Waals surface area contributed by atoms with Crippen LogP contribution in [0.15, 0.2) is 24.4 Å². The van der Waals surface area contributed by atoms with Gasteiger partial charge in [0, 0.05) is 0 Å². The van der Waals surface area contributed by atoms with Gasteiger partial charge in [0.05, 0.1) is 0 Å². The summed E-state index contributed by atoms with van der Waals surface area (Å²) in [5.41, 5.74) is 6.41. The van der Waals surface area contributed by atoms with Crippen molar-refractivity contribution in [3.05, 3.63) is 46.4 Å². The van der Waals surface area contributed by atoms with Crippen LogP contribution in [0.5, 0.6) is 0 Å². The Hall–Kier alpha value is -1.42. The molecule has 0 saturated heterocycles. The Morgan fingerprint density at radius 1 is 1.29 bits per heavy atom. The minimum atomic E-state index is -0.515. The van der Waals surface area contributed by atoms with Crippen LogP contribution in [0.2, 0.25) is 5.02 Å². The summed E-state index contributed by atoms with van der Waals surface area (Å²) < 4.78 is 20.6. The van der Waals surface area contributed by atoms with E-state index in [2.05, 4.69) is 19.9 Å². The molecule has 7 heteroatoms. The van der Waals surface area contributed by atoms with Gasteiger partial charge in [-0.1, -0.05) is 0 Å². The summed E-state index contributed by atoms with van der Waals surface area (Å²) in [6.45, 7) is 6.03. The van der Waals surface area contributed by atoms with E-state index in [9.17, 15) is 4.39 Å². The van der Waals surface area contributed by atoms with Gasteiger partial charge in [-0.25, -0.2) is 0 Å². The van der Waals surface area contributed by atoms with E-state index in [-0.39, 0.29) is 0 Å². The van der Waals surface area contributed by atoms with E-state index in [1.165, 1.54) is 0 Å². The Bertz CT molecular complexity index is 989. The van der Waals surface area contributed by atoms with Gasteiger partial charge in [0.15, 0.2) is 0 Å². The van der Waals surface area contributed by atoms with Crippen LogP contribution in [-0.2, 0) is 9.95 Å². The summed E-state index contributed by atoms with van der Waals surface area (Å²) in [6.07, 6.45) is 1.92. The van der Waals surface area contributed by atoms with Gasteiger partial charge in [-0.3, -0.25) is 0 Å². The molecule has 0 bridgehead atoms. The first-order chi connectivity index (χ1) is 13.4. The minimum absolute atomic E-state index is 0.293. The number of nitrogens with zero attached hydrogens (tertiary/aromatic N) is 3. The van der Waals surface area contributed by atoms with Crippen molar-refractivity contribution in [1.82, 2.24) is 14.5 Å². The van der Waals surface area contributed by atoms with Crippen LogP contribution in [0, 0.1) is 6.92 Å². The molecule has 3 heterocycles. The summed E-state index contributed by atoms with van der Waals surface area (Å²) >= 11 is 8.25. The van der Waals surface area contributed by atoms with E-state index in [0.29, 0.717) is 17.5 Å². The predicted octanol–water partition coefficient (Wildman–Crippen LogP) is 4.47. The third-order valence-corrected chi connectivity index (χ3v) is 6.01. The number of aryl methyl sites for hydroxylation is 1. The summed E-state index contributed by atoms with van der Waals surface area (Å²) in [5.74, 6) is 0.368. The summed E-state index contributed by atoms with van der Waals surface area (Å²) in [7, 11) is 1.58. The van der Waals surface area contributed by atoms with Crippen molar-refractivity contribution in [2.45, 2.75) is 37.9 Å². The molecular formula is C21H26AsClFN3O. The first-order valence-corrected chi connectivity index (χ1v) is 11.4. The summed E-state index contributed by atoms with van der Waals surface area (Å²) in [5, 5.41) is 1.40. The maximum atomic E-state index is 13.6. The molecule has 28 heavy (non-hydrogen) atoms. The van der Waals surface area contributed by atoms with Crippen LogP contribution < -0.4 is 0 Å². The van der Waals surface area contributed by atoms with Crippen LogP contribution in [0.1, 0.15) is 42.8 Å². The van der Waals surface area contributed by atoms with Crippen LogP contribution in [0.25, 0.3) is 22.3 Å². The molecule has 0 N–H and O–H groups in total. The molecule has 0 aliphatic heterocycles. The van der Waals surface area contributed by atoms with Crippen LogP contribution >= 0.6 is 11.6 Å². The van der Waals surface area contributed by atoms with Crippen molar-refractivity contribution in [1.29, 1.82) is 0 Å². The van der Waals surface area contributed by atoms with Crippen molar-refractivity contribution in [3.63, 3.8) is 0 Å². The number of methoxy groups -OCH3 is 1. The topological polar surface area (TPSA) is 39.9 Å². The number of hydrogen-bond donors (Lipinski definition) is 0. The van der Waals surface area contributed by atoms with Crippen molar-refractivity contribution >= 4 is 39.5 Å². The number of alkyl halides is 1. The second-order valence-electron chi connectivity index (χ2n) is 7.26. The molecule has 150 valence electrons. The molecule has 0 fully saturated rings. The number of fused-ring (bicyclic) bond motifs is 1. The molecule has 0 aliphatic rings. The number of rotatable bonds is 7. The van der Waals surface area contributed by atoms with Gasteiger partial charge in [-0.05, 0) is 0 Å². The van der Waals surface area contributed by atoms with Crippen LogP contribution in [0.4, 0.5) is 4.39 Å². The molecule has 0 aliphatic carbocycles. The molecule has 0 spiro atoms. The molecule has 0 saturated carbocycles. The first kappa shape index (κ1) is 21.3. The number of pyridine rings is 2. The van der Waals surface area contributed by atoms with Gasteiger partial charge < -0.3 is 0 Å². The Kier molecular flexibility index (Phi) is 6.80. The number of ether oxygens (including phenoxy) is 1. The maximum absolute atomic E-state index is 13.6. The van der Waals surface area contributed by atoms with Gasteiger partial charge in [0.2, 0.25) is 0 Å². The fourth-order valence-electron chi connectivity index (χ4n) is 3.40. The van der Waals surface area contributed by atoms with Gasteiger partial charge in [0.1, 0.15) is 0 Å². The molecule has 3 rings (SSSR count). The Morgan fingerprint density at radius 2 is 2.04 bits per heavy atom. The van der Waals surface area contributed by atoms with E-state index in [1.54, 1.807) is 24.0 Å². The molecule has 2 atom stereocenters. The van der Waals surface area contributed by atoms with E-state index < -0.39 is 12.7 Å². The Morgan fingerprint density at radius 3 is 2.64 bits per heavy atom. The third-order valence-electron chi connectivity index (χ3n) is 4.91. The van der Waals surface area contributed by atoms with Crippen molar-refractivity contribution in [2.24, 2.45) is 0 Å². The molecule has 3 aromatic heterocycles. The van der Waals surface area contributed by atoms with Crippen molar-refractivity contribution < 1.29 is 9.13 Å². The van der Waals surface area contributed by atoms with Crippen molar-refractivity contribution in [3.8, 4) is 11.3 Å². The molecular weight excluding hydrogens is 440 g/mol.